The largest absolute Gasteiger partial charge is 0.487 e. The van der Waals surface area contributed by atoms with Crippen molar-refractivity contribution in [1.29, 1.82) is 0 Å². The van der Waals surface area contributed by atoms with E-state index in [1.807, 2.05) is 19.1 Å². The number of hydrogen-bond donors (Lipinski definition) is 0. The Labute approximate surface area is 136 Å². The van der Waals surface area contributed by atoms with Crippen molar-refractivity contribution in [2.45, 2.75) is 19.8 Å². The fourth-order valence-corrected chi connectivity index (χ4v) is 2.74. The Hall–Kier alpha value is -0.710. The second kappa shape index (κ2) is 7.34. The van der Waals surface area contributed by atoms with Crippen LogP contribution in [0.15, 0.2) is 27.8 Å². The molecule has 0 unspecified atom stereocenters. The van der Waals surface area contributed by atoms with Crippen LogP contribution in [0, 0.1) is 6.92 Å². The van der Waals surface area contributed by atoms with Crippen LogP contribution >= 0.6 is 39.1 Å². The van der Waals surface area contributed by atoms with Crippen LogP contribution in [0.25, 0.3) is 0 Å². The Morgan fingerprint density at radius 2 is 1.80 bits per heavy atom. The highest BCUT2D eigenvalue weighted by Gasteiger charge is 2.10. The molecule has 108 valence electrons. The number of aryl methyl sites for hydroxylation is 1. The van der Waals surface area contributed by atoms with Crippen LogP contribution in [0.2, 0.25) is 10.0 Å². The van der Waals surface area contributed by atoms with Gasteiger partial charge in [0.05, 0.1) is 10.0 Å². The summed E-state index contributed by atoms with van der Waals surface area (Å²) >= 11 is 15.6. The molecule has 0 radical (unpaired) electrons. The third-order valence-electron chi connectivity index (χ3n) is 2.67. The quantitative estimate of drug-likeness (QED) is 0.680. The van der Waals surface area contributed by atoms with Crippen molar-refractivity contribution in [1.82, 2.24) is 0 Å². The zero-order valence-corrected chi connectivity index (χ0v) is 14.1. The standard InChI is InChI=1S/C14H14BrCl2NO2/c1-9-6-11(16)14(12(17)7-9)20-5-4-19-13-3-2-10(15)8-18-13/h6-8H,2-5H2,1H3. The Morgan fingerprint density at radius 1 is 1.15 bits per heavy atom. The molecule has 20 heavy (non-hydrogen) atoms. The first kappa shape index (κ1) is 15.7. The molecule has 1 aliphatic rings. The Balaban J connectivity index is 1.82. The number of benzene rings is 1. The molecule has 0 saturated heterocycles. The van der Waals surface area contributed by atoms with Crippen molar-refractivity contribution >= 4 is 45.0 Å². The van der Waals surface area contributed by atoms with Crippen LogP contribution in [-0.4, -0.2) is 19.1 Å². The molecule has 3 nitrogen and oxygen atoms in total. The number of ether oxygens (including phenoxy) is 2. The Morgan fingerprint density at radius 3 is 2.40 bits per heavy atom. The molecular formula is C14H14BrCl2NO2. The number of halogens is 3. The molecule has 2 rings (SSSR count). The van der Waals surface area contributed by atoms with Crippen molar-refractivity contribution in [2.75, 3.05) is 13.2 Å². The number of allylic oxidation sites excluding steroid dienone is 1. The molecule has 0 amide bonds. The summed E-state index contributed by atoms with van der Waals surface area (Å²) < 4.78 is 12.2. The van der Waals surface area contributed by atoms with E-state index in [-0.39, 0.29) is 0 Å². The molecular weight excluding hydrogens is 365 g/mol. The topological polar surface area (TPSA) is 30.8 Å². The highest BCUT2D eigenvalue weighted by atomic mass is 79.9. The molecule has 1 aromatic carbocycles. The van der Waals surface area contributed by atoms with Crippen molar-refractivity contribution in [2.24, 2.45) is 4.99 Å². The molecule has 0 atom stereocenters. The molecule has 0 spiro atoms. The molecule has 0 bridgehead atoms. The highest BCUT2D eigenvalue weighted by Crippen LogP contribution is 2.33. The van der Waals surface area contributed by atoms with Crippen LogP contribution in [0.4, 0.5) is 0 Å². The molecule has 0 aliphatic carbocycles. The number of hydrogen-bond acceptors (Lipinski definition) is 3. The molecule has 6 heteroatoms. The Kier molecular flexibility index (Phi) is 5.75. The van der Waals surface area contributed by atoms with E-state index in [1.165, 1.54) is 0 Å². The van der Waals surface area contributed by atoms with Crippen LogP contribution in [0.1, 0.15) is 18.4 Å². The molecule has 0 aromatic heterocycles. The molecule has 1 aromatic rings. The van der Waals surface area contributed by atoms with Crippen molar-refractivity contribution in [3.05, 3.63) is 38.4 Å². The second-order valence-electron chi connectivity index (χ2n) is 4.35. The van der Waals surface area contributed by atoms with E-state index < -0.39 is 0 Å². The minimum atomic E-state index is 0.367. The van der Waals surface area contributed by atoms with Gasteiger partial charge in [-0.2, -0.15) is 0 Å². The van der Waals surface area contributed by atoms with Gasteiger partial charge in [-0.25, -0.2) is 4.99 Å². The summed E-state index contributed by atoms with van der Waals surface area (Å²) in [5, 5.41) is 1.02. The lowest BCUT2D eigenvalue weighted by atomic mass is 10.2. The third-order valence-corrected chi connectivity index (χ3v) is 3.83. The van der Waals surface area contributed by atoms with Crippen LogP contribution in [0.5, 0.6) is 5.75 Å². The number of nitrogens with zero attached hydrogens (tertiary/aromatic N) is 1. The van der Waals surface area contributed by atoms with E-state index in [4.69, 9.17) is 32.7 Å². The van der Waals surface area contributed by atoms with Crippen molar-refractivity contribution < 1.29 is 9.47 Å². The lowest BCUT2D eigenvalue weighted by Crippen LogP contribution is -2.13. The van der Waals surface area contributed by atoms with Gasteiger partial charge in [0.1, 0.15) is 13.2 Å². The van der Waals surface area contributed by atoms with E-state index in [0.29, 0.717) is 29.0 Å². The highest BCUT2D eigenvalue weighted by molar-refractivity contribution is 9.11. The maximum absolute atomic E-state index is 6.09. The number of aliphatic imine (C=N–C) groups is 1. The fourth-order valence-electron chi connectivity index (χ4n) is 1.73. The van der Waals surface area contributed by atoms with E-state index >= 15 is 0 Å². The summed E-state index contributed by atoms with van der Waals surface area (Å²) in [4.78, 5) is 4.18. The summed E-state index contributed by atoms with van der Waals surface area (Å²) in [6.07, 6.45) is 3.46. The van der Waals surface area contributed by atoms with Crippen LogP contribution in [-0.2, 0) is 4.74 Å². The lowest BCUT2D eigenvalue weighted by Gasteiger charge is -2.13. The average Bonchev–Trinajstić information content (AvgIpc) is 2.39. The van der Waals surface area contributed by atoms with Crippen LogP contribution < -0.4 is 4.74 Å². The fraction of sp³-hybridized carbons (Fsp3) is 0.357. The van der Waals surface area contributed by atoms with Gasteiger partial charge < -0.3 is 9.47 Å². The van der Waals surface area contributed by atoms with Gasteiger partial charge in [-0.05, 0) is 31.0 Å². The minimum Gasteiger partial charge on any atom is -0.487 e. The summed E-state index contributed by atoms with van der Waals surface area (Å²) in [5.74, 6) is 1.22. The minimum absolute atomic E-state index is 0.367. The van der Waals surface area contributed by atoms with Crippen molar-refractivity contribution in [3.63, 3.8) is 0 Å². The predicted molar refractivity (Wildman–Crippen MR) is 86.3 cm³/mol. The van der Waals surface area contributed by atoms with Gasteiger partial charge in [-0.3, -0.25) is 0 Å². The van der Waals surface area contributed by atoms with Gasteiger partial charge in [0, 0.05) is 17.1 Å². The first-order valence-electron chi connectivity index (χ1n) is 6.18. The maximum atomic E-state index is 6.09. The SMILES string of the molecule is Cc1cc(Cl)c(OCCOC2=NC=C(Br)CC2)c(Cl)c1. The van der Waals surface area contributed by atoms with Gasteiger partial charge in [0.25, 0.3) is 0 Å². The maximum Gasteiger partial charge on any atom is 0.188 e. The van der Waals surface area contributed by atoms with E-state index in [1.54, 1.807) is 6.20 Å². The summed E-state index contributed by atoms with van der Waals surface area (Å²) in [6, 6.07) is 3.63. The van der Waals surface area contributed by atoms with Crippen LogP contribution in [0.3, 0.4) is 0 Å². The van der Waals surface area contributed by atoms with E-state index in [9.17, 15) is 0 Å². The number of rotatable bonds is 4. The smallest absolute Gasteiger partial charge is 0.188 e. The summed E-state index contributed by atoms with van der Waals surface area (Å²) in [6.45, 7) is 2.70. The zero-order chi connectivity index (χ0) is 14.5. The summed E-state index contributed by atoms with van der Waals surface area (Å²) in [7, 11) is 0. The molecule has 0 saturated carbocycles. The van der Waals surface area contributed by atoms with E-state index in [2.05, 4.69) is 20.9 Å². The molecule has 0 fully saturated rings. The lowest BCUT2D eigenvalue weighted by molar-refractivity contribution is 0.205. The predicted octanol–water partition coefficient (Wildman–Crippen LogP) is 5.13. The van der Waals surface area contributed by atoms with E-state index in [0.717, 1.165) is 28.8 Å². The third kappa shape index (κ3) is 4.40. The first-order chi connectivity index (χ1) is 9.56. The normalized spacial score (nSPS) is 14.6. The van der Waals surface area contributed by atoms with Gasteiger partial charge in [0.15, 0.2) is 11.6 Å². The first-order valence-corrected chi connectivity index (χ1v) is 7.73. The monoisotopic (exact) mass is 377 g/mol. The molecule has 1 aliphatic heterocycles. The van der Waals surface area contributed by atoms with Gasteiger partial charge in [-0.15, -0.1) is 0 Å². The molecule has 0 N–H and O–H groups in total. The Bertz CT molecular complexity index is 535. The molecule has 1 heterocycles. The second-order valence-corrected chi connectivity index (χ2v) is 6.19. The zero-order valence-electron chi connectivity index (χ0n) is 11.0. The van der Waals surface area contributed by atoms with Gasteiger partial charge >= 0.3 is 0 Å². The summed E-state index contributed by atoms with van der Waals surface area (Å²) in [5.41, 5.74) is 0.998. The average molecular weight is 379 g/mol. The van der Waals surface area contributed by atoms with Gasteiger partial charge in [-0.1, -0.05) is 39.1 Å². The van der Waals surface area contributed by atoms with Gasteiger partial charge in [0.2, 0.25) is 0 Å². The van der Waals surface area contributed by atoms with Crippen molar-refractivity contribution in [3.8, 4) is 5.75 Å².